The number of hydrogen-bond donors (Lipinski definition) is 0. The van der Waals surface area contributed by atoms with Crippen LogP contribution in [0.5, 0.6) is 0 Å². The summed E-state index contributed by atoms with van der Waals surface area (Å²) >= 11 is 4.97. The molecule has 0 rings (SSSR count). The molecule has 7 heteroatoms. The second-order valence-electron chi connectivity index (χ2n) is 2.34. The Bertz CT molecular complexity index is 158. The number of thiocarbonyl (C=S) groups is 1. The molecule has 0 saturated heterocycles. The molecule has 0 aromatic heterocycles. The summed E-state index contributed by atoms with van der Waals surface area (Å²) in [5, 5.41) is 0.472. The van der Waals surface area contributed by atoms with Gasteiger partial charge in [0.05, 0.1) is 0 Å². The molecule has 0 aromatic rings. The van der Waals surface area contributed by atoms with Gasteiger partial charge in [0.1, 0.15) is 0 Å². The molecule has 0 aromatic carbocycles. The Kier molecular flexibility index (Phi) is 11.5. The van der Waals surface area contributed by atoms with Crippen LogP contribution < -0.4 is 0 Å². The van der Waals surface area contributed by atoms with E-state index in [1.165, 1.54) is 21.3 Å². The maximum Gasteiger partial charge on any atom is 0.749 e. The smallest absolute Gasteiger partial charge is 0.474 e. The van der Waals surface area contributed by atoms with Crippen LogP contribution in [0.2, 0.25) is 0 Å². The molecule has 4 nitrogen and oxygen atoms in total. The van der Waals surface area contributed by atoms with E-state index in [-0.39, 0.29) is 29.6 Å². The summed E-state index contributed by atoms with van der Waals surface area (Å²) in [4.78, 5) is 0. The van der Waals surface area contributed by atoms with E-state index in [2.05, 4.69) is 0 Å². The largest absolute Gasteiger partial charge is 0.749 e. The van der Waals surface area contributed by atoms with Gasteiger partial charge in [0.15, 0.2) is 5.05 Å². The van der Waals surface area contributed by atoms with Gasteiger partial charge in [-0.15, -0.1) is 0 Å². The third kappa shape index (κ3) is 5.77. The summed E-state index contributed by atoms with van der Waals surface area (Å²) < 4.78 is 20.4. The third-order valence-corrected chi connectivity index (χ3v) is 3.87. The van der Waals surface area contributed by atoms with Gasteiger partial charge in [0.2, 0.25) is 0 Å². The van der Waals surface area contributed by atoms with Crippen LogP contribution >= 0.6 is 12.2 Å². The number of rotatable bonds is 6. The molecular weight excluding hydrogens is 231 g/mol. The van der Waals surface area contributed by atoms with Gasteiger partial charge < -0.3 is 17.7 Å². The molecule has 0 saturated carbocycles. The van der Waals surface area contributed by atoms with Crippen molar-refractivity contribution in [2.24, 2.45) is 0 Å². The fraction of sp³-hybridized carbons (Fsp3) is 0.857. The van der Waals surface area contributed by atoms with E-state index in [9.17, 15) is 0 Å². The standard InChI is InChI=1S/C7H16O4SSi.Na/c1-5-6-7(12)11-13(8-2,9-3)10-4;/h5-6H2,1-4H3;. The Morgan fingerprint density at radius 2 is 1.57 bits per heavy atom. The molecule has 0 aliphatic heterocycles. The molecule has 0 aliphatic rings. The molecule has 0 unspecified atom stereocenters. The minimum Gasteiger partial charge on any atom is -0.474 e. The van der Waals surface area contributed by atoms with E-state index in [0.717, 1.165) is 6.42 Å². The molecule has 0 heterocycles. The first-order chi connectivity index (χ1) is 6.14. The predicted molar refractivity (Wildman–Crippen MR) is 61.1 cm³/mol. The third-order valence-electron chi connectivity index (χ3n) is 1.44. The molecule has 0 amide bonds. The molecule has 0 fully saturated rings. The fourth-order valence-corrected chi connectivity index (χ4v) is 2.41. The summed E-state index contributed by atoms with van der Waals surface area (Å²) in [5.74, 6) is 0. The minimum atomic E-state index is -2.96. The second-order valence-corrected chi connectivity index (χ2v) is 5.22. The zero-order valence-corrected chi connectivity index (χ0v) is 13.3. The Balaban J connectivity index is 0. The van der Waals surface area contributed by atoms with Crippen molar-refractivity contribution in [3.05, 3.63) is 0 Å². The van der Waals surface area contributed by atoms with E-state index >= 15 is 0 Å². The van der Waals surface area contributed by atoms with Gasteiger partial charge in [-0.05, 0) is 18.6 Å². The van der Waals surface area contributed by atoms with Gasteiger partial charge in [0, 0.05) is 57.3 Å². The van der Waals surface area contributed by atoms with E-state index in [0.29, 0.717) is 11.5 Å². The van der Waals surface area contributed by atoms with Crippen molar-refractivity contribution in [3.8, 4) is 0 Å². The maximum atomic E-state index is 5.33. The van der Waals surface area contributed by atoms with Gasteiger partial charge in [-0.3, -0.25) is 0 Å². The first-order valence-electron chi connectivity index (χ1n) is 4.01. The van der Waals surface area contributed by atoms with Crippen molar-refractivity contribution in [2.45, 2.75) is 19.8 Å². The molecule has 14 heavy (non-hydrogen) atoms. The Morgan fingerprint density at radius 3 is 1.86 bits per heavy atom. The maximum absolute atomic E-state index is 5.33. The van der Waals surface area contributed by atoms with Gasteiger partial charge >= 0.3 is 9.05 Å². The molecule has 79 valence electrons. The van der Waals surface area contributed by atoms with Gasteiger partial charge in [-0.25, -0.2) is 0 Å². The SMILES string of the molecule is CCCC(=S)O[Si](OC)(OC)OC.[Na]. The molecule has 0 spiro atoms. The average molecular weight is 247 g/mol. The average Bonchev–Trinajstić information content (AvgIpc) is 2.15. The van der Waals surface area contributed by atoms with Crippen molar-refractivity contribution in [2.75, 3.05) is 21.3 Å². The van der Waals surface area contributed by atoms with Crippen LogP contribution in [0.25, 0.3) is 0 Å². The first kappa shape index (κ1) is 17.4. The van der Waals surface area contributed by atoms with Crippen LogP contribution in [-0.2, 0) is 17.7 Å². The van der Waals surface area contributed by atoms with E-state index in [1.54, 1.807) is 0 Å². The quantitative estimate of drug-likeness (QED) is 0.519. The van der Waals surface area contributed by atoms with E-state index < -0.39 is 9.05 Å². The van der Waals surface area contributed by atoms with Crippen molar-refractivity contribution >= 4 is 55.9 Å². The monoisotopic (exact) mass is 247 g/mol. The molecule has 1 radical (unpaired) electrons. The molecule has 0 atom stereocenters. The zero-order valence-electron chi connectivity index (χ0n) is 9.46. The van der Waals surface area contributed by atoms with Crippen LogP contribution in [0.3, 0.4) is 0 Å². The first-order valence-corrected chi connectivity index (χ1v) is 6.05. The predicted octanol–water partition coefficient (Wildman–Crippen LogP) is 1.12. The van der Waals surface area contributed by atoms with E-state index in [1.807, 2.05) is 6.92 Å². The van der Waals surface area contributed by atoms with Crippen molar-refractivity contribution in [1.29, 1.82) is 0 Å². The van der Waals surface area contributed by atoms with Crippen LogP contribution in [0.4, 0.5) is 0 Å². The summed E-state index contributed by atoms with van der Waals surface area (Å²) in [6.07, 6.45) is 1.64. The van der Waals surface area contributed by atoms with Crippen LogP contribution in [-0.4, -0.2) is 65.0 Å². The van der Waals surface area contributed by atoms with E-state index in [4.69, 9.17) is 29.9 Å². The van der Waals surface area contributed by atoms with Gasteiger partial charge in [-0.2, -0.15) is 0 Å². The summed E-state index contributed by atoms with van der Waals surface area (Å²) in [6, 6.07) is 0. The fourth-order valence-electron chi connectivity index (χ4n) is 0.770. The van der Waals surface area contributed by atoms with Crippen LogP contribution in [0, 0.1) is 0 Å². The normalized spacial score (nSPS) is 10.6. The van der Waals surface area contributed by atoms with Crippen molar-refractivity contribution in [3.63, 3.8) is 0 Å². The molecule has 0 bridgehead atoms. The topological polar surface area (TPSA) is 36.9 Å². The van der Waals surface area contributed by atoms with Gasteiger partial charge in [0.25, 0.3) is 0 Å². The van der Waals surface area contributed by atoms with Crippen molar-refractivity contribution < 1.29 is 17.7 Å². The molecule has 0 N–H and O–H groups in total. The Labute approximate surface area is 114 Å². The zero-order chi connectivity index (χ0) is 10.3. The Hall–Kier alpha value is 0.987. The van der Waals surface area contributed by atoms with Gasteiger partial charge in [-0.1, -0.05) is 6.92 Å². The molecular formula is C7H16NaO4SSi. The minimum absolute atomic E-state index is 0. The Morgan fingerprint density at radius 1 is 1.14 bits per heavy atom. The summed E-state index contributed by atoms with van der Waals surface area (Å²) in [7, 11) is 1.48. The van der Waals surface area contributed by atoms with Crippen molar-refractivity contribution in [1.82, 2.24) is 0 Å². The summed E-state index contributed by atoms with van der Waals surface area (Å²) in [6.45, 7) is 2.02. The second kappa shape index (κ2) is 9.23. The number of hydrogen-bond acceptors (Lipinski definition) is 5. The summed E-state index contributed by atoms with van der Waals surface area (Å²) in [5.41, 5.74) is 0. The van der Waals surface area contributed by atoms with Crippen LogP contribution in [0.15, 0.2) is 0 Å². The molecule has 0 aliphatic carbocycles. The van der Waals surface area contributed by atoms with Crippen LogP contribution in [0.1, 0.15) is 19.8 Å².